The van der Waals surface area contributed by atoms with Crippen LogP contribution in [0.5, 0.6) is 0 Å². The number of nitrogen functional groups attached to an aromatic ring is 1. The zero-order valence-electron chi connectivity index (χ0n) is 10.7. The number of benzene rings is 1. The van der Waals surface area contributed by atoms with Crippen molar-refractivity contribution in [3.05, 3.63) is 29.8 Å². The van der Waals surface area contributed by atoms with E-state index in [1.807, 2.05) is 24.3 Å². The van der Waals surface area contributed by atoms with Crippen molar-refractivity contribution in [2.24, 2.45) is 5.92 Å². The van der Waals surface area contributed by atoms with Gasteiger partial charge >= 0.3 is 0 Å². The largest absolute Gasteiger partial charge is 0.399 e. The summed E-state index contributed by atoms with van der Waals surface area (Å²) in [6.45, 7) is 1.63. The van der Waals surface area contributed by atoms with Gasteiger partial charge in [0.1, 0.15) is 5.78 Å². The number of hydrogen-bond donors (Lipinski definition) is 1. The molecule has 0 atom stereocenters. The minimum atomic E-state index is 0.365. The van der Waals surface area contributed by atoms with Crippen LogP contribution < -0.4 is 5.73 Å². The van der Waals surface area contributed by atoms with Gasteiger partial charge in [0.05, 0.1) is 0 Å². The molecule has 1 aliphatic rings. The molecule has 3 nitrogen and oxygen atoms in total. The summed E-state index contributed by atoms with van der Waals surface area (Å²) in [7, 11) is 0. The van der Waals surface area contributed by atoms with Crippen LogP contribution in [0.4, 0.5) is 5.69 Å². The van der Waals surface area contributed by atoms with Crippen molar-refractivity contribution in [2.75, 3.05) is 18.9 Å². The van der Waals surface area contributed by atoms with Crippen molar-refractivity contribution in [3.8, 4) is 0 Å². The lowest BCUT2D eigenvalue weighted by Gasteiger charge is -2.21. The molecule has 1 aliphatic heterocycles. The van der Waals surface area contributed by atoms with E-state index in [4.69, 9.17) is 10.5 Å². The normalized spacial score (nSPS) is 16.7. The number of ether oxygens (including phenoxy) is 1. The fraction of sp³-hybridized carbons (Fsp3) is 0.533. The molecule has 0 spiro atoms. The first kappa shape index (κ1) is 13.1. The lowest BCUT2D eigenvalue weighted by molar-refractivity contribution is -0.120. The predicted octanol–water partition coefficient (Wildman–Crippen LogP) is 2.59. The van der Waals surface area contributed by atoms with Gasteiger partial charge in [-0.25, -0.2) is 0 Å². The van der Waals surface area contributed by atoms with Gasteiger partial charge in [0.2, 0.25) is 0 Å². The van der Waals surface area contributed by atoms with E-state index in [9.17, 15) is 4.79 Å². The Morgan fingerprint density at radius 3 is 2.83 bits per heavy atom. The maximum absolute atomic E-state index is 11.9. The van der Waals surface area contributed by atoms with Crippen molar-refractivity contribution in [3.63, 3.8) is 0 Å². The van der Waals surface area contributed by atoms with Gasteiger partial charge in [0, 0.05) is 31.7 Å². The Kier molecular flexibility index (Phi) is 4.76. The molecule has 0 amide bonds. The van der Waals surface area contributed by atoms with E-state index in [1.54, 1.807) is 0 Å². The highest BCUT2D eigenvalue weighted by molar-refractivity contribution is 5.78. The maximum Gasteiger partial charge on any atom is 0.133 e. The van der Waals surface area contributed by atoms with E-state index in [1.165, 1.54) is 0 Å². The van der Waals surface area contributed by atoms with Crippen LogP contribution in [0.15, 0.2) is 24.3 Å². The van der Waals surface area contributed by atoms with Gasteiger partial charge in [-0.2, -0.15) is 0 Å². The number of rotatable bonds is 5. The Hall–Kier alpha value is -1.35. The van der Waals surface area contributed by atoms with E-state index in [0.717, 1.165) is 43.7 Å². The first-order valence-electron chi connectivity index (χ1n) is 6.68. The van der Waals surface area contributed by atoms with Crippen molar-refractivity contribution >= 4 is 11.5 Å². The number of nitrogens with two attached hydrogens (primary N) is 1. The molecule has 0 radical (unpaired) electrons. The molecule has 0 saturated carbocycles. The molecule has 0 aliphatic carbocycles. The molecular formula is C15H21NO2. The molecule has 0 bridgehead atoms. The van der Waals surface area contributed by atoms with Crippen LogP contribution in [-0.4, -0.2) is 19.0 Å². The van der Waals surface area contributed by atoms with Gasteiger partial charge in [-0.05, 0) is 42.9 Å². The highest BCUT2D eigenvalue weighted by Crippen LogP contribution is 2.20. The van der Waals surface area contributed by atoms with E-state index < -0.39 is 0 Å². The monoisotopic (exact) mass is 247 g/mol. The quantitative estimate of drug-likeness (QED) is 0.814. The first-order valence-corrected chi connectivity index (χ1v) is 6.68. The van der Waals surface area contributed by atoms with Crippen LogP contribution >= 0.6 is 0 Å². The average Bonchev–Trinajstić information content (AvgIpc) is 2.38. The third kappa shape index (κ3) is 4.15. The second kappa shape index (κ2) is 6.55. The second-order valence-corrected chi connectivity index (χ2v) is 5.04. The van der Waals surface area contributed by atoms with Gasteiger partial charge in [-0.1, -0.05) is 12.1 Å². The maximum atomic E-state index is 11.9. The summed E-state index contributed by atoms with van der Waals surface area (Å²) in [4.78, 5) is 11.9. The number of aryl methyl sites for hydroxylation is 1. The minimum absolute atomic E-state index is 0.365. The zero-order valence-corrected chi connectivity index (χ0v) is 10.7. The van der Waals surface area contributed by atoms with Crippen LogP contribution in [0.3, 0.4) is 0 Å². The van der Waals surface area contributed by atoms with E-state index >= 15 is 0 Å². The van der Waals surface area contributed by atoms with Crippen molar-refractivity contribution in [1.29, 1.82) is 0 Å². The van der Waals surface area contributed by atoms with Crippen LogP contribution in [0.2, 0.25) is 0 Å². The van der Waals surface area contributed by atoms with Crippen LogP contribution in [-0.2, 0) is 16.0 Å². The van der Waals surface area contributed by atoms with Crippen molar-refractivity contribution in [1.82, 2.24) is 0 Å². The standard InChI is InChI=1S/C15H21NO2/c16-14-3-1-2-12(10-14)4-5-15(17)11-13-6-8-18-9-7-13/h1-3,10,13H,4-9,11,16H2. The van der Waals surface area contributed by atoms with Crippen LogP contribution in [0.1, 0.15) is 31.2 Å². The van der Waals surface area contributed by atoms with E-state index in [2.05, 4.69) is 0 Å². The molecule has 1 saturated heterocycles. The molecule has 0 unspecified atom stereocenters. The van der Waals surface area contributed by atoms with Crippen LogP contribution in [0, 0.1) is 5.92 Å². The molecular weight excluding hydrogens is 226 g/mol. The third-order valence-corrected chi connectivity index (χ3v) is 3.50. The first-order chi connectivity index (χ1) is 8.74. The third-order valence-electron chi connectivity index (χ3n) is 3.50. The summed E-state index contributed by atoms with van der Waals surface area (Å²) in [6.07, 6.45) is 4.20. The molecule has 0 aromatic heterocycles. The Balaban J connectivity index is 1.74. The number of carbonyl (C=O) groups is 1. The van der Waals surface area contributed by atoms with Gasteiger partial charge < -0.3 is 10.5 Å². The lowest BCUT2D eigenvalue weighted by atomic mass is 9.92. The average molecular weight is 247 g/mol. The molecule has 3 heteroatoms. The summed E-state index contributed by atoms with van der Waals surface area (Å²) in [5, 5.41) is 0. The van der Waals surface area contributed by atoms with Gasteiger partial charge in [-0.3, -0.25) is 4.79 Å². The Bertz CT molecular complexity index is 397. The topological polar surface area (TPSA) is 52.3 Å². The lowest BCUT2D eigenvalue weighted by Crippen LogP contribution is -2.18. The highest BCUT2D eigenvalue weighted by Gasteiger charge is 2.17. The summed E-state index contributed by atoms with van der Waals surface area (Å²) < 4.78 is 5.30. The summed E-state index contributed by atoms with van der Waals surface area (Å²) in [5.41, 5.74) is 7.63. The highest BCUT2D eigenvalue weighted by atomic mass is 16.5. The summed E-state index contributed by atoms with van der Waals surface area (Å²) in [6, 6.07) is 7.78. The Morgan fingerprint density at radius 1 is 1.33 bits per heavy atom. The number of carbonyl (C=O) groups excluding carboxylic acids is 1. The molecule has 1 aromatic carbocycles. The minimum Gasteiger partial charge on any atom is -0.399 e. The molecule has 1 aromatic rings. The van der Waals surface area contributed by atoms with Gasteiger partial charge in [-0.15, -0.1) is 0 Å². The predicted molar refractivity (Wildman–Crippen MR) is 72.3 cm³/mol. The molecule has 1 heterocycles. The number of anilines is 1. The van der Waals surface area contributed by atoms with Gasteiger partial charge in [0.15, 0.2) is 0 Å². The molecule has 98 valence electrons. The number of Topliss-reactive ketones (excluding diaryl/α,β-unsaturated/α-hetero) is 1. The van der Waals surface area contributed by atoms with Crippen LogP contribution in [0.25, 0.3) is 0 Å². The SMILES string of the molecule is Nc1cccc(CCC(=O)CC2CCOCC2)c1. The molecule has 2 rings (SSSR count). The Morgan fingerprint density at radius 2 is 2.11 bits per heavy atom. The number of hydrogen-bond acceptors (Lipinski definition) is 3. The smallest absolute Gasteiger partial charge is 0.133 e. The summed E-state index contributed by atoms with van der Waals surface area (Å²) in [5.74, 6) is 0.899. The molecule has 1 fully saturated rings. The van der Waals surface area contributed by atoms with Crippen molar-refractivity contribution < 1.29 is 9.53 Å². The molecule has 2 N–H and O–H groups in total. The zero-order chi connectivity index (χ0) is 12.8. The second-order valence-electron chi connectivity index (χ2n) is 5.04. The summed E-state index contributed by atoms with van der Waals surface area (Å²) >= 11 is 0. The van der Waals surface area contributed by atoms with Crippen molar-refractivity contribution in [2.45, 2.75) is 32.1 Å². The van der Waals surface area contributed by atoms with E-state index in [0.29, 0.717) is 24.5 Å². The van der Waals surface area contributed by atoms with E-state index in [-0.39, 0.29) is 0 Å². The van der Waals surface area contributed by atoms with Gasteiger partial charge in [0.25, 0.3) is 0 Å². The Labute approximate surface area is 108 Å². The molecule has 18 heavy (non-hydrogen) atoms. The number of ketones is 1. The fourth-order valence-electron chi connectivity index (χ4n) is 2.41. The fourth-order valence-corrected chi connectivity index (χ4v) is 2.41.